The fourth-order valence-corrected chi connectivity index (χ4v) is 4.31. The molecule has 0 aliphatic heterocycles. The molecule has 7 nitrogen and oxygen atoms in total. The molecule has 24 heavy (non-hydrogen) atoms. The van der Waals surface area contributed by atoms with Crippen LogP contribution in [0.1, 0.15) is 37.0 Å². The van der Waals surface area contributed by atoms with Gasteiger partial charge in [-0.1, -0.05) is 0 Å². The summed E-state index contributed by atoms with van der Waals surface area (Å²) < 4.78 is 8.22. The van der Waals surface area contributed by atoms with Crippen LogP contribution in [-0.2, 0) is 9.53 Å². The molecular weight excluding hydrogens is 350 g/mol. The predicted octanol–water partition coefficient (Wildman–Crippen LogP) is 1.67. The van der Waals surface area contributed by atoms with Crippen LogP contribution in [0.2, 0.25) is 0 Å². The predicted molar refractivity (Wildman–Crippen MR) is 95.2 cm³/mol. The Morgan fingerprint density at radius 3 is 2.71 bits per heavy atom. The third kappa shape index (κ3) is 5.18. The van der Waals surface area contributed by atoms with Crippen LogP contribution in [0, 0.1) is 0 Å². The maximum Gasteiger partial charge on any atom is 0.256 e. The van der Waals surface area contributed by atoms with Gasteiger partial charge < -0.3 is 20.9 Å². The number of aliphatic hydroxyl groups is 1. The summed E-state index contributed by atoms with van der Waals surface area (Å²) in [6.07, 6.45) is 2.29. The van der Waals surface area contributed by atoms with Gasteiger partial charge in [-0.05, 0) is 44.7 Å². The minimum Gasteiger partial charge on any atom is -0.383 e. The number of hydrogen-bond donors (Lipinski definition) is 3. The van der Waals surface area contributed by atoms with Crippen LogP contribution >= 0.6 is 23.3 Å². The first-order valence-electron chi connectivity index (χ1n) is 7.63. The highest BCUT2D eigenvalue weighted by Gasteiger charge is 2.31. The molecule has 1 heterocycles. The topological polar surface area (TPSA) is 105 Å². The average Bonchev–Trinajstić information content (AvgIpc) is 3.24. The van der Waals surface area contributed by atoms with E-state index in [2.05, 4.69) is 9.62 Å². The fourth-order valence-electron chi connectivity index (χ4n) is 1.91. The molecule has 1 fully saturated rings. The van der Waals surface area contributed by atoms with Crippen LogP contribution in [0.4, 0.5) is 5.00 Å². The van der Waals surface area contributed by atoms with Crippen LogP contribution in [0.5, 0.6) is 0 Å². The van der Waals surface area contributed by atoms with Gasteiger partial charge in [0.2, 0.25) is 0 Å². The van der Waals surface area contributed by atoms with Gasteiger partial charge in [0, 0.05) is 19.7 Å². The van der Waals surface area contributed by atoms with Gasteiger partial charge >= 0.3 is 0 Å². The van der Waals surface area contributed by atoms with Crippen LogP contribution in [0.25, 0.3) is 0 Å². The number of carbonyl (C=O) groups excluding carboxylic acids is 2. The van der Waals surface area contributed by atoms with E-state index in [0.717, 1.165) is 23.6 Å². The van der Waals surface area contributed by atoms with Gasteiger partial charge in [0.05, 0.1) is 16.4 Å². The molecule has 0 bridgehead atoms. The molecule has 1 aliphatic rings. The van der Waals surface area contributed by atoms with Crippen LogP contribution in [0.3, 0.4) is 0 Å². The number of methoxy groups -OCH3 is 1. The lowest BCUT2D eigenvalue weighted by atomic mass is 10.1. The van der Waals surface area contributed by atoms with E-state index in [9.17, 15) is 14.7 Å². The zero-order valence-corrected chi connectivity index (χ0v) is 15.6. The van der Waals surface area contributed by atoms with E-state index in [1.165, 1.54) is 37.1 Å². The molecule has 1 aromatic heterocycles. The summed E-state index contributed by atoms with van der Waals surface area (Å²) in [5.41, 5.74) is 4.12. The Hall–Kier alpha value is -1.13. The molecule has 0 atom stereocenters. The van der Waals surface area contributed by atoms with Crippen LogP contribution < -0.4 is 11.1 Å². The van der Waals surface area contributed by atoms with Gasteiger partial charge in [-0.25, -0.2) is 4.31 Å². The van der Waals surface area contributed by atoms with Crippen molar-refractivity contribution >= 4 is 40.1 Å². The van der Waals surface area contributed by atoms with Gasteiger partial charge in [-0.3, -0.25) is 9.59 Å². The highest BCUT2D eigenvalue weighted by Crippen LogP contribution is 2.41. The molecule has 0 spiro atoms. The van der Waals surface area contributed by atoms with Gasteiger partial charge in [0.15, 0.2) is 0 Å². The number of amides is 2. The quantitative estimate of drug-likeness (QED) is 0.569. The summed E-state index contributed by atoms with van der Waals surface area (Å²) in [5.74, 6) is -1.19. The molecule has 2 rings (SSSR count). The van der Waals surface area contributed by atoms with Crippen molar-refractivity contribution in [2.24, 2.45) is 5.73 Å². The summed E-state index contributed by atoms with van der Waals surface area (Å²) in [6, 6.07) is 2.19. The van der Waals surface area contributed by atoms with Crippen molar-refractivity contribution in [2.45, 2.75) is 42.5 Å². The van der Waals surface area contributed by atoms with E-state index in [0.29, 0.717) is 17.6 Å². The number of nitrogens with zero attached hydrogens (tertiary/aromatic N) is 1. The molecule has 9 heteroatoms. The Kier molecular flexibility index (Phi) is 6.27. The normalized spacial score (nSPS) is 14.9. The van der Waals surface area contributed by atoms with Crippen molar-refractivity contribution in [1.29, 1.82) is 0 Å². The van der Waals surface area contributed by atoms with E-state index in [1.54, 1.807) is 13.2 Å². The lowest BCUT2D eigenvalue weighted by molar-refractivity contribution is -0.130. The number of hydrogen-bond acceptors (Lipinski definition) is 7. The van der Waals surface area contributed by atoms with Crippen molar-refractivity contribution in [3.63, 3.8) is 0 Å². The third-order valence-electron chi connectivity index (χ3n) is 3.43. The Morgan fingerprint density at radius 1 is 1.54 bits per heavy atom. The minimum absolute atomic E-state index is 0.252. The second kappa shape index (κ2) is 7.83. The first-order valence-corrected chi connectivity index (χ1v) is 9.22. The molecule has 0 aromatic carbocycles. The van der Waals surface area contributed by atoms with E-state index in [-0.39, 0.29) is 5.56 Å². The molecule has 2 amide bonds. The van der Waals surface area contributed by atoms with E-state index in [1.807, 2.05) is 0 Å². The Balaban J connectivity index is 2.14. The smallest absolute Gasteiger partial charge is 0.256 e. The fraction of sp³-hybridized carbons (Fsp3) is 0.600. The molecule has 1 aliphatic carbocycles. The first kappa shape index (κ1) is 19.2. The van der Waals surface area contributed by atoms with Crippen molar-refractivity contribution in [3.05, 3.63) is 11.6 Å². The number of primary amides is 1. The highest BCUT2D eigenvalue weighted by atomic mass is 32.2. The van der Waals surface area contributed by atoms with Gasteiger partial charge in [0.25, 0.3) is 11.8 Å². The van der Waals surface area contributed by atoms with E-state index >= 15 is 0 Å². The van der Waals surface area contributed by atoms with Gasteiger partial charge in [0.1, 0.15) is 10.6 Å². The second-order valence-electron chi connectivity index (χ2n) is 6.14. The first-order chi connectivity index (χ1) is 11.2. The van der Waals surface area contributed by atoms with Crippen LogP contribution in [-0.4, -0.2) is 53.1 Å². The zero-order chi connectivity index (χ0) is 17.9. The number of carbonyl (C=O) groups is 2. The van der Waals surface area contributed by atoms with Gasteiger partial charge in [-0.15, -0.1) is 11.3 Å². The van der Waals surface area contributed by atoms with E-state index < -0.39 is 17.4 Å². The molecule has 0 saturated heterocycles. The Bertz CT molecular complexity index is 608. The summed E-state index contributed by atoms with van der Waals surface area (Å²) in [5, 5.41) is 12.7. The van der Waals surface area contributed by atoms with Gasteiger partial charge in [-0.2, -0.15) is 0 Å². The van der Waals surface area contributed by atoms with Crippen molar-refractivity contribution in [1.82, 2.24) is 4.31 Å². The zero-order valence-electron chi connectivity index (χ0n) is 14.0. The largest absolute Gasteiger partial charge is 0.383 e. The highest BCUT2D eigenvalue weighted by molar-refractivity contribution is 7.99. The molecule has 1 saturated carbocycles. The summed E-state index contributed by atoms with van der Waals surface area (Å²) in [7, 11) is 1.66. The van der Waals surface area contributed by atoms with Crippen molar-refractivity contribution in [2.75, 3.05) is 25.6 Å². The summed E-state index contributed by atoms with van der Waals surface area (Å²) in [6.45, 7) is 4.17. The molecule has 1 aromatic rings. The lowest BCUT2D eigenvalue weighted by Gasteiger charge is -2.19. The maximum absolute atomic E-state index is 12.0. The Labute approximate surface area is 149 Å². The maximum atomic E-state index is 12.0. The lowest BCUT2D eigenvalue weighted by Crippen LogP contribution is -2.36. The number of ether oxygens (including phenoxy) is 1. The summed E-state index contributed by atoms with van der Waals surface area (Å²) >= 11 is 2.81. The number of anilines is 1. The van der Waals surface area contributed by atoms with Crippen molar-refractivity contribution < 1.29 is 19.4 Å². The van der Waals surface area contributed by atoms with Crippen molar-refractivity contribution in [3.8, 4) is 0 Å². The van der Waals surface area contributed by atoms with Crippen LogP contribution in [0.15, 0.2) is 10.3 Å². The standard InChI is InChI=1S/C15H23N3O4S2/c1-15(2,21)14(20)17-13-10(12(16)19)8-11(23-13)24-18(6-7-22-3)9-4-5-9/h8-9,21H,4-7H2,1-3H3,(H2,16,19)(H,17,20). The number of nitrogens with one attached hydrogen (secondary N) is 1. The number of rotatable bonds is 9. The molecular formula is C15H23N3O4S2. The summed E-state index contributed by atoms with van der Waals surface area (Å²) in [4.78, 5) is 23.6. The molecule has 0 radical (unpaired) electrons. The second-order valence-corrected chi connectivity index (χ2v) is 8.54. The Morgan fingerprint density at radius 2 is 2.21 bits per heavy atom. The number of thiophene rings is 1. The SMILES string of the molecule is COCCN(Sc1cc(C(N)=O)c(NC(=O)C(C)(C)O)s1)C1CC1. The molecule has 134 valence electrons. The monoisotopic (exact) mass is 373 g/mol. The molecule has 0 unspecified atom stereocenters. The van der Waals surface area contributed by atoms with E-state index in [4.69, 9.17) is 10.5 Å². The number of nitrogens with two attached hydrogens (primary N) is 1. The third-order valence-corrected chi connectivity index (χ3v) is 5.77. The average molecular weight is 374 g/mol. The minimum atomic E-state index is -1.54. The molecule has 4 N–H and O–H groups in total.